The van der Waals surface area contributed by atoms with Crippen LogP contribution in [-0.4, -0.2) is 21.0 Å². The molecule has 7 heteroatoms. The number of oxazole rings is 1. The lowest BCUT2D eigenvalue weighted by Gasteiger charge is -2.08. The minimum Gasteiger partial charge on any atom is -0.487 e. The van der Waals surface area contributed by atoms with Crippen LogP contribution < -0.4 is 4.74 Å². The molecular formula is C24H22N2O4S. The zero-order valence-corrected chi connectivity index (χ0v) is 17.9. The number of para-hydroxylation sites is 1. The van der Waals surface area contributed by atoms with Crippen molar-refractivity contribution < 1.29 is 19.1 Å². The molecule has 0 amide bonds. The number of carboxylic acids is 1. The van der Waals surface area contributed by atoms with Gasteiger partial charge in [0.05, 0.1) is 22.8 Å². The molecule has 158 valence electrons. The fourth-order valence-corrected chi connectivity index (χ4v) is 4.01. The summed E-state index contributed by atoms with van der Waals surface area (Å²) < 4.78 is 11.7. The van der Waals surface area contributed by atoms with Crippen LogP contribution in [0.5, 0.6) is 5.75 Å². The Balaban J connectivity index is 1.35. The van der Waals surface area contributed by atoms with E-state index in [0.29, 0.717) is 23.8 Å². The Morgan fingerprint density at radius 1 is 1.06 bits per heavy atom. The van der Waals surface area contributed by atoms with E-state index in [4.69, 9.17) is 14.3 Å². The summed E-state index contributed by atoms with van der Waals surface area (Å²) in [7, 11) is 0. The van der Waals surface area contributed by atoms with Crippen molar-refractivity contribution in [2.75, 3.05) is 0 Å². The van der Waals surface area contributed by atoms with Crippen molar-refractivity contribution in [3.05, 3.63) is 87.7 Å². The van der Waals surface area contributed by atoms with Gasteiger partial charge in [0.25, 0.3) is 0 Å². The highest BCUT2D eigenvalue weighted by Gasteiger charge is 2.13. The van der Waals surface area contributed by atoms with E-state index in [9.17, 15) is 4.79 Å². The van der Waals surface area contributed by atoms with Crippen molar-refractivity contribution in [1.82, 2.24) is 9.97 Å². The van der Waals surface area contributed by atoms with Crippen LogP contribution in [0.25, 0.3) is 11.5 Å². The average molecular weight is 435 g/mol. The Kier molecular flexibility index (Phi) is 6.43. The Morgan fingerprint density at radius 3 is 2.65 bits per heavy atom. The lowest BCUT2D eigenvalue weighted by Crippen LogP contribution is -2.04. The molecule has 0 fully saturated rings. The van der Waals surface area contributed by atoms with Gasteiger partial charge in [0.2, 0.25) is 5.89 Å². The monoisotopic (exact) mass is 434 g/mol. The number of hydrogen-bond acceptors (Lipinski definition) is 6. The number of benzene rings is 2. The van der Waals surface area contributed by atoms with Gasteiger partial charge in [-0.2, -0.15) is 0 Å². The molecule has 0 atom stereocenters. The van der Waals surface area contributed by atoms with Gasteiger partial charge in [-0.3, -0.25) is 4.79 Å². The third-order valence-electron chi connectivity index (χ3n) is 4.78. The minimum absolute atomic E-state index is 0.0689. The zero-order chi connectivity index (χ0) is 21.6. The van der Waals surface area contributed by atoms with Gasteiger partial charge in [0.1, 0.15) is 18.1 Å². The molecule has 0 saturated heterocycles. The second-order valence-electron chi connectivity index (χ2n) is 7.09. The van der Waals surface area contributed by atoms with Gasteiger partial charge in [-0.05, 0) is 31.5 Å². The van der Waals surface area contributed by atoms with E-state index in [0.717, 1.165) is 40.6 Å². The van der Waals surface area contributed by atoms with Crippen LogP contribution in [0.4, 0.5) is 0 Å². The summed E-state index contributed by atoms with van der Waals surface area (Å²) in [4.78, 5) is 20.3. The summed E-state index contributed by atoms with van der Waals surface area (Å²) in [6.45, 7) is 2.23. The van der Waals surface area contributed by atoms with E-state index in [1.807, 2.05) is 48.7 Å². The highest BCUT2D eigenvalue weighted by molar-refractivity contribution is 7.09. The molecule has 0 aliphatic carbocycles. The van der Waals surface area contributed by atoms with Crippen molar-refractivity contribution >= 4 is 17.3 Å². The van der Waals surface area contributed by atoms with Gasteiger partial charge < -0.3 is 14.3 Å². The Bertz CT molecular complexity index is 1170. The third-order valence-corrected chi connectivity index (χ3v) is 5.74. The number of hydrogen-bond donors (Lipinski definition) is 1. The predicted octanol–water partition coefficient (Wildman–Crippen LogP) is 5.10. The first-order valence-electron chi connectivity index (χ1n) is 9.96. The summed E-state index contributed by atoms with van der Waals surface area (Å²) in [6, 6.07) is 17.0. The fourth-order valence-electron chi connectivity index (χ4n) is 3.22. The van der Waals surface area contributed by atoms with Crippen LogP contribution in [0.2, 0.25) is 0 Å². The van der Waals surface area contributed by atoms with Crippen molar-refractivity contribution in [2.45, 2.75) is 32.8 Å². The topological polar surface area (TPSA) is 85.5 Å². The molecule has 0 saturated carbocycles. The molecule has 0 aliphatic heterocycles. The molecule has 0 aliphatic rings. The first-order valence-corrected chi connectivity index (χ1v) is 10.8. The Morgan fingerprint density at radius 2 is 1.84 bits per heavy atom. The lowest BCUT2D eigenvalue weighted by atomic mass is 10.1. The van der Waals surface area contributed by atoms with Gasteiger partial charge in [-0.25, -0.2) is 9.97 Å². The number of rotatable bonds is 9. The standard InChI is InChI=1S/C24H22N2O4S/c1-16-20(26-24(30-16)17-7-3-2-4-8-17)11-12-22-25-19(15-31-22)14-29-21-10-6-5-9-18(21)13-23(27)28/h2-10,15H,11-14H2,1H3,(H,27,28). The number of carboxylic acid groups (broad SMARTS) is 1. The number of ether oxygens (including phenoxy) is 1. The highest BCUT2D eigenvalue weighted by Crippen LogP contribution is 2.24. The summed E-state index contributed by atoms with van der Waals surface area (Å²) in [5.74, 6) is 1.16. The normalized spacial score (nSPS) is 10.9. The number of aryl methyl sites for hydroxylation is 3. The largest absolute Gasteiger partial charge is 0.487 e. The summed E-state index contributed by atoms with van der Waals surface area (Å²) in [5.41, 5.74) is 3.39. The first-order chi connectivity index (χ1) is 15.1. The molecule has 4 rings (SSSR count). The van der Waals surface area contributed by atoms with E-state index in [1.54, 1.807) is 29.5 Å². The van der Waals surface area contributed by atoms with E-state index < -0.39 is 5.97 Å². The van der Waals surface area contributed by atoms with E-state index in [1.165, 1.54) is 0 Å². The molecule has 0 unspecified atom stereocenters. The SMILES string of the molecule is Cc1oc(-c2ccccc2)nc1CCc1nc(COc2ccccc2CC(=O)O)cs1. The first kappa shape index (κ1) is 20.8. The van der Waals surface area contributed by atoms with Crippen molar-refractivity contribution in [2.24, 2.45) is 0 Å². The van der Waals surface area contributed by atoms with Gasteiger partial charge in [0, 0.05) is 22.9 Å². The summed E-state index contributed by atoms with van der Waals surface area (Å²) in [6.07, 6.45) is 1.44. The number of thiazole rings is 1. The Labute approximate surface area is 184 Å². The van der Waals surface area contributed by atoms with Crippen LogP contribution in [-0.2, 0) is 30.7 Å². The maximum Gasteiger partial charge on any atom is 0.307 e. The van der Waals surface area contributed by atoms with Crippen molar-refractivity contribution in [3.8, 4) is 17.2 Å². The molecule has 0 bridgehead atoms. The fraction of sp³-hybridized carbons (Fsp3) is 0.208. The van der Waals surface area contributed by atoms with Crippen molar-refractivity contribution in [1.29, 1.82) is 0 Å². The van der Waals surface area contributed by atoms with E-state index >= 15 is 0 Å². The van der Waals surface area contributed by atoms with Crippen LogP contribution in [0.1, 0.15) is 27.7 Å². The lowest BCUT2D eigenvalue weighted by molar-refractivity contribution is -0.136. The number of aromatic nitrogens is 2. The quantitative estimate of drug-likeness (QED) is 0.395. The zero-order valence-electron chi connectivity index (χ0n) is 17.1. The maximum absolute atomic E-state index is 11.0. The molecule has 6 nitrogen and oxygen atoms in total. The molecule has 0 spiro atoms. The predicted molar refractivity (Wildman–Crippen MR) is 118 cm³/mol. The summed E-state index contributed by atoms with van der Waals surface area (Å²) in [5, 5.41) is 12.0. The van der Waals surface area contributed by atoms with Gasteiger partial charge in [-0.1, -0.05) is 36.4 Å². The molecular weight excluding hydrogens is 412 g/mol. The number of aliphatic carboxylic acids is 1. The second-order valence-corrected chi connectivity index (χ2v) is 8.03. The smallest absolute Gasteiger partial charge is 0.307 e. The number of nitrogens with zero attached hydrogens (tertiary/aromatic N) is 2. The highest BCUT2D eigenvalue weighted by atomic mass is 32.1. The summed E-state index contributed by atoms with van der Waals surface area (Å²) >= 11 is 1.58. The average Bonchev–Trinajstić information content (AvgIpc) is 3.38. The van der Waals surface area contributed by atoms with Crippen LogP contribution in [0.15, 0.2) is 64.4 Å². The minimum atomic E-state index is -0.884. The molecule has 2 heterocycles. The van der Waals surface area contributed by atoms with Crippen LogP contribution in [0, 0.1) is 6.92 Å². The van der Waals surface area contributed by atoms with Gasteiger partial charge in [0.15, 0.2) is 0 Å². The molecule has 1 N–H and O–H groups in total. The second kappa shape index (κ2) is 9.57. The van der Waals surface area contributed by atoms with Gasteiger partial charge in [-0.15, -0.1) is 11.3 Å². The van der Waals surface area contributed by atoms with Crippen molar-refractivity contribution in [3.63, 3.8) is 0 Å². The van der Waals surface area contributed by atoms with Crippen LogP contribution >= 0.6 is 11.3 Å². The molecule has 2 aromatic heterocycles. The molecule has 2 aromatic carbocycles. The number of carbonyl (C=O) groups is 1. The molecule has 31 heavy (non-hydrogen) atoms. The van der Waals surface area contributed by atoms with Crippen LogP contribution in [0.3, 0.4) is 0 Å². The molecule has 4 aromatic rings. The maximum atomic E-state index is 11.0. The van der Waals surface area contributed by atoms with E-state index in [2.05, 4.69) is 9.97 Å². The van der Waals surface area contributed by atoms with Gasteiger partial charge >= 0.3 is 5.97 Å². The Hall–Kier alpha value is -3.45. The molecule has 0 radical (unpaired) electrons. The third kappa shape index (κ3) is 5.38. The van der Waals surface area contributed by atoms with E-state index in [-0.39, 0.29) is 6.42 Å².